The van der Waals surface area contributed by atoms with Gasteiger partial charge in [-0.1, -0.05) is 0 Å². The van der Waals surface area contributed by atoms with Crippen LogP contribution >= 0.6 is 11.3 Å². The Balaban J connectivity index is 0.00000176. The molecule has 0 nitrogen and oxygen atoms in total. The molecule has 1 heterocycles. The summed E-state index contributed by atoms with van der Waals surface area (Å²) in [5.74, 6) is 2.30. The van der Waals surface area contributed by atoms with Crippen LogP contribution in [0.2, 0.25) is 0 Å². The van der Waals surface area contributed by atoms with Crippen molar-refractivity contribution in [3.05, 3.63) is 107 Å². The number of rotatable bonds is 3. The van der Waals surface area contributed by atoms with E-state index in [1.165, 1.54) is 38.6 Å². The summed E-state index contributed by atoms with van der Waals surface area (Å²) in [6, 6.07) is 14.3. The van der Waals surface area contributed by atoms with Gasteiger partial charge in [0.15, 0.2) is 0 Å². The summed E-state index contributed by atoms with van der Waals surface area (Å²) in [7, 11) is 0. The molecular formula is C38H40Cl2SZr. The number of hydrogen-bond acceptors (Lipinski definition) is 1. The van der Waals surface area contributed by atoms with Gasteiger partial charge in [0, 0.05) is 0 Å². The second-order valence-corrected chi connectivity index (χ2v) is 18.5. The SMILES string of the molecule is Cc1cc2c(c(C)c1C)C(C)c1c3c(c4ccccc4c1-2)C(C)C(C)C(C)[C]3(C)[Zr+2][C]1=C(c2ccsc2)C=CC1.[Cl-].[Cl-]. The van der Waals surface area contributed by atoms with E-state index < -0.39 is 23.2 Å². The van der Waals surface area contributed by atoms with Gasteiger partial charge in [0.2, 0.25) is 0 Å². The van der Waals surface area contributed by atoms with E-state index in [1.807, 2.05) is 11.3 Å². The molecule has 3 aliphatic rings. The van der Waals surface area contributed by atoms with Gasteiger partial charge >= 0.3 is 258 Å². The molecule has 4 heteroatoms. The molecule has 0 saturated heterocycles. The topological polar surface area (TPSA) is 0 Å². The number of aryl methyl sites for hydroxylation is 1. The van der Waals surface area contributed by atoms with Crippen molar-refractivity contribution in [3.63, 3.8) is 0 Å². The number of thiophene rings is 1. The molecular weight excluding hydrogens is 651 g/mol. The van der Waals surface area contributed by atoms with Crippen molar-refractivity contribution in [2.75, 3.05) is 0 Å². The Hall–Kier alpha value is -1.44. The van der Waals surface area contributed by atoms with Gasteiger partial charge in [-0.25, -0.2) is 0 Å². The number of allylic oxidation sites excluding steroid dienone is 4. The third-order valence-corrected chi connectivity index (χ3v) is 16.9. The van der Waals surface area contributed by atoms with Gasteiger partial charge in [-0.15, -0.1) is 0 Å². The number of fused-ring (bicyclic) bond motifs is 8. The minimum atomic E-state index is -1.03. The third kappa shape index (κ3) is 4.37. The van der Waals surface area contributed by atoms with Gasteiger partial charge < -0.3 is 24.8 Å². The largest absolute Gasteiger partial charge is 1.00 e. The summed E-state index contributed by atoms with van der Waals surface area (Å²) in [5, 5.41) is 7.59. The molecule has 3 aliphatic carbocycles. The fourth-order valence-electron chi connectivity index (χ4n) is 8.50. The molecule has 0 aliphatic heterocycles. The minimum Gasteiger partial charge on any atom is -1.00 e. The molecule has 0 spiro atoms. The molecule has 0 fully saturated rings. The van der Waals surface area contributed by atoms with Gasteiger partial charge in [-0.3, -0.25) is 0 Å². The summed E-state index contributed by atoms with van der Waals surface area (Å²) in [6.45, 7) is 19.9. The van der Waals surface area contributed by atoms with Crippen LogP contribution in [0, 0.1) is 32.6 Å². The normalized spacial score (nSPS) is 25.4. The van der Waals surface area contributed by atoms with E-state index in [9.17, 15) is 0 Å². The van der Waals surface area contributed by atoms with Crippen molar-refractivity contribution in [2.45, 2.75) is 76.8 Å². The van der Waals surface area contributed by atoms with Crippen molar-refractivity contribution >= 4 is 27.7 Å². The Kier molecular flexibility index (Phi) is 8.75. The van der Waals surface area contributed by atoms with Gasteiger partial charge in [0.05, 0.1) is 0 Å². The molecule has 7 rings (SSSR count). The average Bonchev–Trinajstić information content (AvgIpc) is 3.69. The summed E-state index contributed by atoms with van der Waals surface area (Å²) in [5.41, 5.74) is 17.1. The van der Waals surface area contributed by atoms with Crippen LogP contribution in [-0.2, 0) is 26.4 Å². The molecule has 1 aromatic heterocycles. The Morgan fingerprint density at radius 3 is 2.29 bits per heavy atom. The number of hydrogen-bond donors (Lipinski definition) is 0. The molecule has 216 valence electrons. The van der Waals surface area contributed by atoms with Gasteiger partial charge in [0.1, 0.15) is 0 Å². The van der Waals surface area contributed by atoms with Gasteiger partial charge in [-0.2, -0.15) is 0 Å². The fourth-order valence-corrected chi connectivity index (χ4v) is 14.3. The van der Waals surface area contributed by atoms with Crippen molar-refractivity contribution in [3.8, 4) is 11.1 Å². The van der Waals surface area contributed by atoms with E-state index in [0.29, 0.717) is 23.7 Å². The van der Waals surface area contributed by atoms with Gasteiger partial charge in [-0.05, 0) is 0 Å². The third-order valence-electron chi connectivity index (χ3n) is 11.3. The zero-order chi connectivity index (χ0) is 28.1. The second kappa shape index (κ2) is 11.5. The number of benzene rings is 3. The first-order valence-corrected chi connectivity index (χ1v) is 18.5. The Morgan fingerprint density at radius 2 is 1.60 bits per heavy atom. The van der Waals surface area contributed by atoms with Crippen LogP contribution in [0.25, 0.3) is 27.5 Å². The Labute approximate surface area is 280 Å². The molecule has 4 aromatic rings. The zero-order valence-electron chi connectivity index (χ0n) is 26.0. The van der Waals surface area contributed by atoms with E-state index in [1.54, 1.807) is 36.7 Å². The molecule has 42 heavy (non-hydrogen) atoms. The molecule has 0 bridgehead atoms. The van der Waals surface area contributed by atoms with Crippen molar-refractivity contribution < 1.29 is 48.0 Å². The molecule has 0 saturated carbocycles. The molecule has 0 radical (unpaired) electrons. The molecule has 0 N–H and O–H groups in total. The quantitative estimate of drug-likeness (QED) is 0.283. The van der Waals surface area contributed by atoms with Crippen LogP contribution in [-0.4, -0.2) is 0 Å². The monoisotopic (exact) mass is 688 g/mol. The molecule has 3 aromatic carbocycles. The van der Waals surface area contributed by atoms with Crippen molar-refractivity contribution in [2.24, 2.45) is 11.8 Å². The molecule has 5 atom stereocenters. The second-order valence-electron chi connectivity index (χ2n) is 13.0. The van der Waals surface area contributed by atoms with E-state index in [2.05, 4.69) is 115 Å². The van der Waals surface area contributed by atoms with Crippen LogP contribution in [0.15, 0.2) is 62.6 Å². The van der Waals surface area contributed by atoms with Crippen LogP contribution in [0.1, 0.15) is 97.4 Å². The maximum absolute atomic E-state index is 2.70. The predicted molar refractivity (Wildman–Crippen MR) is 170 cm³/mol. The number of halogens is 2. The van der Waals surface area contributed by atoms with Gasteiger partial charge in [0.25, 0.3) is 0 Å². The standard InChI is InChI=1S/C29H33.C9H7S.2ClH.Zr/c1-14-13-24-25(18(5)15(14)2)21(8)28-27-20(7)17(4)16(3)19(6)26(27)22-11-9-10-12-23(22)29(24)28;1-2-4-8(3-1)9-5-6-10-7-9;;;/h9-13,16-17,19,21H,1-8H3;1,3,5-7H,2H2;2*1H;/q;;;;+2/p-2. The summed E-state index contributed by atoms with van der Waals surface area (Å²) < 4.78 is 2.02. The van der Waals surface area contributed by atoms with Crippen LogP contribution in [0.3, 0.4) is 0 Å². The summed E-state index contributed by atoms with van der Waals surface area (Å²) in [6.07, 6.45) is 6.02. The predicted octanol–water partition coefficient (Wildman–Crippen LogP) is 5.02. The summed E-state index contributed by atoms with van der Waals surface area (Å²) in [4.78, 5) is 0. The van der Waals surface area contributed by atoms with Crippen LogP contribution in [0.4, 0.5) is 0 Å². The summed E-state index contributed by atoms with van der Waals surface area (Å²) >= 11 is 0.803. The first-order chi connectivity index (χ1) is 19.1. The van der Waals surface area contributed by atoms with E-state index in [4.69, 9.17) is 0 Å². The van der Waals surface area contributed by atoms with E-state index in [-0.39, 0.29) is 27.9 Å². The maximum Gasteiger partial charge on any atom is -1.00 e. The Bertz CT molecular complexity index is 1760. The molecule has 0 amide bonds. The van der Waals surface area contributed by atoms with Crippen molar-refractivity contribution in [1.82, 2.24) is 0 Å². The molecule has 5 unspecified atom stereocenters. The fraction of sp³-hybridized carbons (Fsp3) is 0.368. The van der Waals surface area contributed by atoms with E-state index in [0.717, 1.165) is 6.42 Å². The Morgan fingerprint density at radius 1 is 0.881 bits per heavy atom. The van der Waals surface area contributed by atoms with Crippen LogP contribution in [0.5, 0.6) is 0 Å². The first kappa shape index (κ1) is 32.0. The average molecular weight is 691 g/mol. The van der Waals surface area contributed by atoms with Crippen LogP contribution < -0.4 is 24.8 Å². The zero-order valence-corrected chi connectivity index (χ0v) is 30.7. The van der Waals surface area contributed by atoms with Crippen molar-refractivity contribution in [1.29, 1.82) is 0 Å². The maximum atomic E-state index is 2.70. The van der Waals surface area contributed by atoms with E-state index >= 15 is 0 Å². The minimum absolute atomic E-state index is 0. The first-order valence-electron chi connectivity index (χ1n) is 15.1. The smallest absolute Gasteiger partial charge is 1.00 e.